The standard InChI is InChI=1S/C13H10BrF3N2O2/c1-6-11(12(20)21)7(2)19(18-6)10-4-3-8(5-9(10)14)13(15,16)17/h3-5H,1-2H3,(H,20,21). The first-order valence-corrected chi connectivity index (χ1v) is 6.59. The second kappa shape index (κ2) is 5.18. The van der Waals surface area contributed by atoms with Gasteiger partial charge in [0.25, 0.3) is 0 Å². The molecule has 0 bridgehead atoms. The highest BCUT2D eigenvalue weighted by molar-refractivity contribution is 9.10. The molecule has 0 spiro atoms. The Bertz CT molecular complexity index is 723. The molecule has 2 rings (SSSR count). The third kappa shape index (κ3) is 2.80. The highest BCUT2D eigenvalue weighted by Gasteiger charge is 2.31. The van der Waals surface area contributed by atoms with Crippen LogP contribution in [-0.4, -0.2) is 20.9 Å². The van der Waals surface area contributed by atoms with E-state index in [-0.39, 0.29) is 10.0 Å². The number of carboxylic acid groups (broad SMARTS) is 1. The maximum absolute atomic E-state index is 12.6. The Morgan fingerprint density at radius 3 is 2.38 bits per heavy atom. The van der Waals surface area contributed by atoms with Crippen molar-refractivity contribution < 1.29 is 23.1 Å². The molecule has 0 radical (unpaired) electrons. The maximum Gasteiger partial charge on any atom is 0.416 e. The van der Waals surface area contributed by atoms with Crippen molar-refractivity contribution in [2.24, 2.45) is 0 Å². The molecule has 0 amide bonds. The van der Waals surface area contributed by atoms with Gasteiger partial charge in [0, 0.05) is 4.47 Å². The summed E-state index contributed by atoms with van der Waals surface area (Å²) in [5, 5.41) is 13.2. The number of carboxylic acids is 1. The molecular weight excluding hydrogens is 353 g/mol. The van der Waals surface area contributed by atoms with Crippen molar-refractivity contribution in [1.29, 1.82) is 0 Å². The van der Waals surface area contributed by atoms with Crippen LogP contribution in [-0.2, 0) is 6.18 Å². The van der Waals surface area contributed by atoms with E-state index >= 15 is 0 Å². The Kier molecular flexibility index (Phi) is 3.83. The first kappa shape index (κ1) is 15.6. The molecule has 21 heavy (non-hydrogen) atoms. The van der Waals surface area contributed by atoms with Gasteiger partial charge in [-0.15, -0.1) is 0 Å². The van der Waals surface area contributed by atoms with E-state index in [1.165, 1.54) is 17.7 Å². The number of benzene rings is 1. The van der Waals surface area contributed by atoms with Crippen LogP contribution < -0.4 is 0 Å². The Morgan fingerprint density at radius 1 is 1.33 bits per heavy atom. The summed E-state index contributed by atoms with van der Waals surface area (Å²) in [4.78, 5) is 11.1. The van der Waals surface area contributed by atoms with Crippen LogP contribution in [0.25, 0.3) is 5.69 Å². The quantitative estimate of drug-likeness (QED) is 0.879. The number of aryl methyl sites for hydroxylation is 1. The Morgan fingerprint density at radius 2 is 1.95 bits per heavy atom. The second-order valence-electron chi connectivity index (χ2n) is 4.43. The van der Waals surface area contributed by atoms with Crippen LogP contribution in [0.2, 0.25) is 0 Å². The largest absolute Gasteiger partial charge is 0.478 e. The van der Waals surface area contributed by atoms with Crippen molar-refractivity contribution in [3.05, 3.63) is 45.2 Å². The lowest BCUT2D eigenvalue weighted by Gasteiger charge is -2.11. The average Bonchev–Trinajstić information content (AvgIpc) is 2.63. The van der Waals surface area contributed by atoms with Crippen molar-refractivity contribution in [2.45, 2.75) is 20.0 Å². The van der Waals surface area contributed by atoms with E-state index < -0.39 is 17.7 Å². The lowest BCUT2D eigenvalue weighted by Crippen LogP contribution is -2.07. The van der Waals surface area contributed by atoms with Gasteiger partial charge in [-0.25, -0.2) is 9.48 Å². The van der Waals surface area contributed by atoms with Crippen molar-refractivity contribution in [3.63, 3.8) is 0 Å². The zero-order valence-corrected chi connectivity index (χ0v) is 12.6. The van der Waals surface area contributed by atoms with Gasteiger partial charge in [0.05, 0.1) is 22.6 Å². The fourth-order valence-electron chi connectivity index (χ4n) is 2.04. The van der Waals surface area contributed by atoms with Crippen LogP contribution in [0.5, 0.6) is 0 Å². The predicted molar refractivity (Wildman–Crippen MR) is 72.7 cm³/mol. The smallest absolute Gasteiger partial charge is 0.416 e. The van der Waals surface area contributed by atoms with Gasteiger partial charge in [0.15, 0.2) is 0 Å². The number of nitrogens with zero attached hydrogens (tertiary/aromatic N) is 2. The first-order chi connectivity index (χ1) is 9.62. The summed E-state index contributed by atoms with van der Waals surface area (Å²) >= 11 is 3.07. The van der Waals surface area contributed by atoms with Gasteiger partial charge in [-0.05, 0) is 48.0 Å². The molecule has 0 saturated heterocycles. The van der Waals surface area contributed by atoms with E-state index in [1.54, 1.807) is 6.92 Å². The van der Waals surface area contributed by atoms with Crippen molar-refractivity contribution in [2.75, 3.05) is 0 Å². The van der Waals surface area contributed by atoms with Crippen LogP contribution in [0.1, 0.15) is 27.3 Å². The molecule has 1 N–H and O–H groups in total. The van der Waals surface area contributed by atoms with Gasteiger partial charge in [-0.3, -0.25) is 0 Å². The summed E-state index contributed by atoms with van der Waals surface area (Å²) in [5.74, 6) is -1.13. The second-order valence-corrected chi connectivity index (χ2v) is 5.28. The zero-order valence-electron chi connectivity index (χ0n) is 11.0. The Hall–Kier alpha value is -1.83. The normalized spacial score (nSPS) is 11.7. The Labute approximate surface area is 126 Å². The van der Waals surface area contributed by atoms with Crippen molar-refractivity contribution in [1.82, 2.24) is 9.78 Å². The number of carbonyl (C=O) groups is 1. The molecule has 0 atom stereocenters. The summed E-state index contributed by atoms with van der Waals surface area (Å²) in [6.45, 7) is 3.08. The molecule has 1 aromatic carbocycles. The van der Waals surface area contributed by atoms with Crippen LogP contribution in [0.4, 0.5) is 13.2 Å². The molecule has 0 fully saturated rings. The Balaban J connectivity index is 2.59. The fourth-order valence-corrected chi connectivity index (χ4v) is 2.59. The van der Waals surface area contributed by atoms with E-state index in [2.05, 4.69) is 21.0 Å². The van der Waals surface area contributed by atoms with Crippen molar-refractivity contribution >= 4 is 21.9 Å². The van der Waals surface area contributed by atoms with E-state index in [1.807, 2.05) is 0 Å². The summed E-state index contributed by atoms with van der Waals surface area (Å²) < 4.78 is 39.4. The molecule has 0 saturated carbocycles. The third-order valence-corrected chi connectivity index (χ3v) is 3.64. The molecule has 0 aliphatic carbocycles. The summed E-state index contributed by atoms with van der Waals surface area (Å²) in [6, 6.07) is 3.11. The number of halogens is 4. The summed E-state index contributed by atoms with van der Waals surface area (Å²) in [6.07, 6.45) is -4.44. The van der Waals surface area contributed by atoms with Gasteiger partial charge in [-0.2, -0.15) is 18.3 Å². The summed E-state index contributed by atoms with van der Waals surface area (Å²) in [7, 11) is 0. The molecule has 8 heteroatoms. The minimum Gasteiger partial charge on any atom is -0.478 e. The highest BCUT2D eigenvalue weighted by Crippen LogP contribution is 2.33. The van der Waals surface area contributed by atoms with Crippen LogP contribution in [0.15, 0.2) is 22.7 Å². The maximum atomic E-state index is 12.6. The van der Waals surface area contributed by atoms with E-state index in [0.29, 0.717) is 17.1 Å². The molecular formula is C13H10BrF3N2O2. The van der Waals surface area contributed by atoms with Crippen molar-refractivity contribution in [3.8, 4) is 5.69 Å². The number of rotatable bonds is 2. The number of aromatic nitrogens is 2. The van der Waals surface area contributed by atoms with Crippen LogP contribution in [0.3, 0.4) is 0 Å². The molecule has 1 aromatic heterocycles. The molecule has 0 aliphatic rings. The summed E-state index contributed by atoms with van der Waals surface area (Å²) in [5.41, 5.74) is 0.239. The minimum absolute atomic E-state index is 0.0433. The predicted octanol–water partition coefficient (Wildman–Crippen LogP) is 3.97. The average molecular weight is 363 g/mol. The topological polar surface area (TPSA) is 55.1 Å². The van der Waals surface area contributed by atoms with Gasteiger partial charge in [0.2, 0.25) is 0 Å². The lowest BCUT2D eigenvalue weighted by atomic mass is 10.2. The number of aromatic carboxylic acids is 1. The molecule has 1 heterocycles. The van der Waals surface area contributed by atoms with E-state index in [4.69, 9.17) is 5.11 Å². The molecule has 0 aliphatic heterocycles. The third-order valence-electron chi connectivity index (χ3n) is 3.01. The lowest BCUT2D eigenvalue weighted by molar-refractivity contribution is -0.137. The number of hydrogen-bond donors (Lipinski definition) is 1. The zero-order chi connectivity index (χ0) is 15.9. The van der Waals surface area contributed by atoms with Gasteiger partial charge in [-0.1, -0.05) is 0 Å². The minimum atomic E-state index is -4.44. The molecule has 112 valence electrons. The van der Waals surface area contributed by atoms with Gasteiger partial charge < -0.3 is 5.11 Å². The molecule has 0 unspecified atom stereocenters. The first-order valence-electron chi connectivity index (χ1n) is 5.79. The molecule has 2 aromatic rings. The molecule has 4 nitrogen and oxygen atoms in total. The van der Waals surface area contributed by atoms with Gasteiger partial charge >= 0.3 is 12.1 Å². The number of alkyl halides is 3. The number of hydrogen-bond acceptors (Lipinski definition) is 2. The van der Waals surface area contributed by atoms with E-state index in [0.717, 1.165) is 12.1 Å². The SMILES string of the molecule is Cc1nn(-c2ccc(C(F)(F)F)cc2Br)c(C)c1C(=O)O. The van der Waals surface area contributed by atoms with Crippen LogP contribution in [0, 0.1) is 13.8 Å². The highest BCUT2D eigenvalue weighted by atomic mass is 79.9. The van der Waals surface area contributed by atoms with Crippen LogP contribution >= 0.6 is 15.9 Å². The van der Waals surface area contributed by atoms with Gasteiger partial charge in [0.1, 0.15) is 5.56 Å². The monoisotopic (exact) mass is 362 g/mol. The fraction of sp³-hybridized carbons (Fsp3) is 0.231. The van der Waals surface area contributed by atoms with E-state index in [9.17, 15) is 18.0 Å².